The van der Waals surface area contributed by atoms with E-state index in [2.05, 4.69) is 16.8 Å². The van der Waals surface area contributed by atoms with Crippen molar-refractivity contribution in [3.63, 3.8) is 0 Å². The molecule has 0 N–H and O–H groups in total. The number of rotatable bonds is 1. The highest BCUT2D eigenvalue weighted by Crippen LogP contribution is 2.26. The van der Waals surface area contributed by atoms with Gasteiger partial charge in [0.05, 0.1) is 5.56 Å². The van der Waals surface area contributed by atoms with Crippen LogP contribution in [0.2, 0.25) is 0 Å². The molecule has 0 radical (unpaired) electrons. The van der Waals surface area contributed by atoms with Gasteiger partial charge in [-0.2, -0.15) is 5.26 Å². The normalized spacial score (nSPS) is 19.1. The summed E-state index contributed by atoms with van der Waals surface area (Å²) in [6.45, 7) is 0. The minimum atomic E-state index is 0.632. The molecule has 0 spiro atoms. The fourth-order valence-electron chi connectivity index (χ4n) is 2.44. The number of aromatic nitrogens is 1. The van der Waals surface area contributed by atoms with E-state index in [1.165, 1.54) is 44.9 Å². The Morgan fingerprint density at radius 3 is 2.40 bits per heavy atom. The van der Waals surface area contributed by atoms with Gasteiger partial charge < -0.3 is 4.57 Å². The Morgan fingerprint density at radius 2 is 1.80 bits per heavy atom. The van der Waals surface area contributed by atoms with Crippen LogP contribution in [0.3, 0.4) is 0 Å². The summed E-state index contributed by atoms with van der Waals surface area (Å²) in [5.74, 6) is 0. The third-order valence-corrected chi connectivity index (χ3v) is 3.34. The predicted octanol–water partition coefficient (Wildman–Crippen LogP) is 3.65. The van der Waals surface area contributed by atoms with Gasteiger partial charge in [0.25, 0.3) is 0 Å². The van der Waals surface area contributed by atoms with Crippen LogP contribution in [0.1, 0.15) is 56.6 Å². The largest absolute Gasteiger partial charge is 0.350 e. The highest BCUT2D eigenvalue weighted by Gasteiger charge is 2.12. The Kier molecular flexibility index (Phi) is 3.45. The Hall–Kier alpha value is -1.23. The molecule has 1 fully saturated rings. The second kappa shape index (κ2) is 5.02. The second-order valence-corrected chi connectivity index (χ2v) is 4.46. The van der Waals surface area contributed by atoms with Gasteiger partial charge >= 0.3 is 0 Å². The smallest absolute Gasteiger partial charge is 0.101 e. The van der Waals surface area contributed by atoms with Gasteiger partial charge in [-0.05, 0) is 18.9 Å². The zero-order valence-corrected chi connectivity index (χ0v) is 9.15. The summed E-state index contributed by atoms with van der Waals surface area (Å²) < 4.78 is 2.24. The summed E-state index contributed by atoms with van der Waals surface area (Å²) in [7, 11) is 0. The fourth-order valence-corrected chi connectivity index (χ4v) is 2.44. The third kappa shape index (κ3) is 2.62. The fraction of sp³-hybridized carbons (Fsp3) is 0.615. The van der Waals surface area contributed by atoms with Crippen LogP contribution >= 0.6 is 0 Å². The molecule has 2 heteroatoms. The first kappa shape index (κ1) is 10.3. The highest BCUT2D eigenvalue weighted by atomic mass is 15.0. The van der Waals surface area contributed by atoms with Gasteiger partial charge in [0, 0.05) is 18.4 Å². The highest BCUT2D eigenvalue weighted by molar-refractivity contribution is 5.25. The van der Waals surface area contributed by atoms with Crippen LogP contribution in [-0.4, -0.2) is 4.57 Å². The molecule has 0 atom stereocenters. The van der Waals surface area contributed by atoms with Crippen molar-refractivity contribution in [2.24, 2.45) is 0 Å². The van der Waals surface area contributed by atoms with Crippen LogP contribution in [0.15, 0.2) is 18.5 Å². The Balaban J connectivity index is 2.04. The van der Waals surface area contributed by atoms with Gasteiger partial charge in [-0.3, -0.25) is 0 Å². The van der Waals surface area contributed by atoms with E-state index in [9.17, 15) is 0 Å². The van der Waals surface area contributed by atoms with Crippen LogP contribution in [0.25, 0.3) is 0 Å². The molecule has 1 aromatic heterocycles. The summed E-state index contributed by atoms with van der Waals surface area (Å²) in [5.41, 5.74) is 0.789. The molecule has 1 saturated carbocycles. The number of hydrogen-bond donors (Lipinski definition) is 0. The van der Waals surface area contributed by atoms with Crippen molar-refractivity contribution in [2.45, 2.75) is 51.0 Å². The Bertz CT molecular complexity index is 338. The van der Waals surface area contributed by atoms with Crippen LogP contribution in [-0.2, 0) is 0 Å². The van der Waals surface area contributed by atoms with E-state index in [1.807, 2.05) is 12.3 Å². The Labute approximate surface area is 91.5 Å². The molecular weight excluding hydrogens is 184 g/mol. The minimum absolute atomic E-state index is 0.632. The summed E-state index contributed by atoms with van der Waals surface area (Å²) in [6.07, 6.45) is 13.4. The Morgan fingerprint density at radius 1 is 1.13 bits per heavy atom. The second-order valence-electron chi connectivity index (χ2n) is 4.46. The molecule has 0 saturated heterocycles. The molecule has 0 unspecified atom stereocenters. The molecule has 1 aromatic rings. The zero-order valence-electron chi connectivity index (χ0n) is 9.15. The first-order valence-electron chi connectivity index (χ1n) is 5.98. The summed E-state index contributed by atoms with van der Waals surface area (Å²) in [6, 6.07) is 4.74. The lowest BCUT2D eigenvalue weighted by Crippen LogP contribution is -2.08. The van der Waals surface area contributed by atoms with E-state index in [1.54, 1.807) is 0 Å². The van der Waals surface area contributed by atoms with Gasteiger partial charge in [-0.15, -0.1) is 0 Å². The average Bonchev–Trinajstić information content (AvgIpc) is 2.65. The number of nitrogens with zero attached hydrogens (tertiary/aromatic N) is 2. The average molecular weight is 202 g/mol. The van der Waals surface area contributed by atoms with Crippen LogP contribution < -0.4 is 0 Å². The molecule has 1 heterocycles. The van der Waals surface area contributed by atoms with E-state index >= 15 is 0 Å². The summed E-state index contributed by atoms with van der Waals surface area (Å²) in [5, 5.41) is 8.79. The molecule has 2 nitrogen and oxygen atoms in total. The molecule has 0 aliphatic heterocycles. The van der Waals surface area contributed by atoms with E-state index in [4.69, 9.17) is 5.26 Å². The van der Waals surface area contributed by atoms with E-state index in [-0.39, 0.29) is 0 Å². The van der Waals surface area contributed by atoms with Crippen molar-refractivity contribution in [1.82, 2.24) is 4.57 Å². The van der Waals surface area contributed by atoms with Gasteiger partial charge in [0.15, 0.2) is 0 Å². The van der Waals surface area contributed by atoms with Crippen molar-refractivity contribution in [3.8, 4) is 6.07 Å². The van der Waals surface area contributed by atoms with Crippen molar-refractivity contribution >= 4 is 0 Å². The summed E-state index contributed by atoms with van der Waals surface area (Å²) in [4.78, 5) is 0. The standard InChI is InChI=1S/C13H18N2/c14-10-12-8-9-15(11-12)13-6-4-2-1-3-5-7-13/h8-9,11,13H,1-7H2. The minimum Gasteiger partial charge on any atom is -0.350 e. The first-order chi connectivity index (χ1) is 7.40. The molecule has 0 bridgehead atoms. The quantitative estimate of drug-likeness (QED) is 0.683. The van der Waals surface area contributed by atoms with Crippen LogP contribution in [0.4, 0.5) is 0 Å². The van der Waals surface area contributed by atoms with Crippen molar-refractivity contribution in [2.75, 3.05) is 0 Å². The molecule has 0 amide bonds. The van der Waals surface area contributed by atoms with E-state index < -0.39 is 0 Å². The molecular formula is C13H18N2. The van der Waals surface area contributed by atoms with Crippen LogP contribution in [0.5, 0.6) is 0 Å². The van der Waals surface area contributed by atoms with E-state index in [0.717, 1.165) is 5.56 Å². The first-order valence-corrected chi connectivity index (χ1v) is 5.98. The lowest BCUT2D eigenvalue weighted by atomic mass is 9.97. The lowest BCUT2D eigenvalue weighted by molar-refractivity contribution is 0.373. The number of nitriles is 1. The third-order valence-electron chi connectivity index (χ3n) is 3.34. The molecule has 15 heavy (non-hydrogen) atoms. The number of hydrogen-bond acceptors (Lipinski definition) is 1. The van der Waals surface area contributed by atoms with Gasteiger partial charge in [-0.25, -0.2) is 0 Å². The SMILES string of the molecule is N#Cc1ccn(C2CCCCCCC2)c1. The van der Waals surface area contributed by atoms with Crippen molar-refractivity contribution < 1.29 is 0 Å². The topological polar surface area (TPSA) is 28.7 Å². The summed E-state index contributed by atoms with van der Waals surface area (Å²) >= 11 is 0. The maximum Gasteiger partial charge on any atom is 0.101 e. The van der Waals surface area contributed by atoms with Gasteiger partial charge in [0.1, 0.15) is 6.07 Å². The maximum absolute atomic E-state index is 8.79. The molecule has 1 aliphatic carbocycles. The lowest BCUT2D eigenvalue weighted by Gasteiger charge is -2.21. The van der Waals surface area contributed by atoms with Crippen molar-refractivity contribution in [1.29, 1.82) is 5.26 Å². The molecule has 80 valence electrons. The van der Waals surface area contributed by atoms with Crippen LogP contribution in [0, 0.1) is 11.3 Å². The predicted molar refractivity (Wildman–Crippen MR) is 60.5 cm³/mol. The zero-order chi connectivity index (χ0) is 10.5. The molecule has 0 aromatic carbocycles. The van der Waals surface area contributed by atoms with Crippen molar-refractivity contribution in [3.05, 3.63) is 24.0 Å². The molecule has 2 rings (SSSR count). The molecule has 1 aliphatic rings. The maximum atomic E-state index is 8.79. The van der Waals surface area contributed by atoms with Gasteiger partial charge in [0.2, 0.25) is 0 Å². The van der Waals surface area contributed by atoms with Gasteiger partial charge in [-0.1, -0.05) is 32.1 Å². The van der Waals surface area contributed by atoms with E-state index in [0.29, 0.717) is 6.04 Å². The monoisotopic (exact) mass is 202 g/mol.